The van der Waals surface area contributed by atoms with Gasteiger partial charge in [-0.1, -0.05) is 60.7 Å². The molecule has 1 aliphatic carbocycles. The van der Waals surface area contributed by atoms with Gasteiger partial charge in [-0.3, -0.25) is 4.72 Å². The van der Waals surface area contributed by atoms with Gasteiger partial charge in [0.2, 0.25) is 0 Å². The Labute approximate surface area is 158 Å². The van der Waals surface area contributed by atoms with Gasteiger partial charge >= 0.3 is 0 Å². The molecule has 1 N–H and O–H groups in total. The minimum absolute atomic E-state index is 0.0860. The lowest BCUT2D eigenvalue weighted by Crippen LogP contribution is -2.14. The molecular weight excluding hydrogens is 356 g/mol. The van der Waals surface area contributed by atoms with Gasteiger partial charge in [-0.05, 0) is 46.9 Å². The number of fused-ring (bicyclic) bond motifs is 1. The van der Waals surface area contributed by atoms with Crippen molar-refractivity contribution in [3.63, 3.8) is 0 Å². The maximum Gasteiger partial charge on any atom is 0.260 e. The molecule has 3 aromatic carbocycles. The van der Waals surface area contributed by atoms with Crippen molar-refractivity contribution >= 4 is 27.5 Å². The Hall–Kier alpha value is -3.36. The van der Waals surface area contributed by atoms with Crippen LogP contribution in [0.25, 0.3) is 22.0 Å². The Bertz CT molecular complexity index is 1190. The van der Waals surface area contributed by atoms with Crippen LogP contribution in [-0.2, 0) is 16.4 Å². The average Bonchev–Trinajstić information content (AvgIpc) is 3.19. The van der Waals surface area contributed by atoms with Crippen molar-refractivity contribution in [2.75, 3.05) is 4.72 Å². The lowest BCUT2D eigenvalue weighted by atomic mass is 9.96. The summed E-state index contributed by atoms with van der Waals surface area (Å²) in [5.41, 5.74) is 5.04. The van der Waals surface area contributed by atoms with E-state index in [4.69, 9.17) is 6.57 Å². The molecule has 0 aliphatic heterocycles. The fraction of sp³-hybridized carbons (Fsp3) is 0.0455. The zero-order valence-electron chi connectivity index (χ0n) is 14.4. The van der Waals surface area contributed by atoms with Crippen LogP contribution < -0.4 is 4.72 Å². The molecule has 0 fully saturated rings. The van der Waals surface area contributed by atoms with Crippen molar-refractivity contribution in [2.24, 2.45) is 0 Å². The normalized spacial score (nSPS) is 12.4. The molecule has 0 aromatic heterocycles. The maximum atomic E-state index is 12.8. The van der Waals surface area contributed by atoms with Crippen LogP contribution in [-0.4, -0.2) is 8.42 Å². The van der Waals surface area contributed by atoms with Gasteiger partial charge in [-0.15, -0.1) is 0 Å². The number of allylic oxidation sites excluding steroid dienone is 1. The van der Waals surface area contributed by atoms with E-state index in [9.17, 15) is 8.42 Å². The zero-order valence-corrected chi connectivity index (χ0v) is 15.2. The fourth-order valence-corrected chi connectivity index (χ4v) is 4.39. The van der Waals surface area contributed by atoms with Crippen molar-refractivity contribution in [1.29, 1.82) is 0 Å². The lowest BCUT2D eigenvalue weighted by molar-refractivity contribution is 0.601. The van der Waals surface area contributed by atoms with Crippen molar-refractivity contribution < 1.29 is 8.42 Å². The van der Waals surface area contributed by atoms with Crippen molar-refractivity contribution in [3.05, 3.63) is 95.4 Å². The van der Waals surface area contributed by atoms with E-state index in [1.165, 1.54) is 12.1 Å². The van der Waals surface area contributed by atoms with E-state index >= 15 is 0 Å². The number of rotatable bonds is 4. The Morgan fingerprint density at radius 1 is 0.963 bits per heavy atom. The van der Waals surface area contributed by atoms with E-state index in [2.05, 4.69) is 9.57 Å². The third-order valence-corrected chi connectivity index (χ3v) is 5.91. The summed E-state index contributed by atoms with van der Waals surface area (Å²) in [6.45, 7) is 7.07. The van der Waals surface area contributed by atoms with Gasteiger partial charge in [0.1, 0.15) is 0 Å². The summed E-state index contributed by atoms with van der Waals surface area (Å²) in [5.74, 6) is 0. The van der Waals surface area contributed by atoms with Gasteiger partial charge in [0.15, 0.2) is 5.69 Å². The minimum atomic E-state index is -3.77. The number of hydrogen-bond acceptors (Lipinski definition) is 2. The van der Waals surface area contributed by atoms with Crippen molar-refractivity contribution in [1.82, 2.24) is 0 Å². The SMILES string of the molecule is [C-]#[N+]c1cccc(S(=O)(=O)Nc2ccc(-c3ccccc3)c3c2CC=C3)c1. The molecule has 132 valence electrons. The fourth-order valence-electron chi connectivity index (χ4n) is 3.26. The molecule has 0 amide bonds. The molecule has 4 rings (SSSR count). The van der Waals surface area contributed by atoms with Crippen LogP contribution in [0.5, 0.6) is 0 Å². The molecule has 1 aliphatic rings. The molecule has 5 heteroatoms. The third kappa shape index (κ3) is 3.23. The van der Waals surface area contributed by atoms with Crippen LogP contribution in [0.15, 0.2) is 77.7 Å². The summed E-state index contributed by atoms with van der Waals surface area (Å²) in [7, 11) is -3.77. The monoisotopic (exact) mass is 372 g/mol. The molecule has 0 heterocycles. The summed E-state index contributed by atoms with van der Waals surface area (Å²) >= 11 is 0. The predicted molar refractivity (Wildman–Crippen MR) is 108 cm³/mol. The van der Waals surface area contributed by atoms with Gasteiger partial charge in [-0.2, -0.15) is 0 Å². The maximum absolute atomic E-state index is 12.8. The smallest absolute Gasteiger partial charge is 0.260 e. The van der Waals surface area contributed by atoms with Crippen LogP contribution in [0.1, 0.15) is 11.1 Å². The molecule has 0 unspecified atom stereocenters. The standard InChI is InChI=1S/C22H16N2O2S/c1-23-17-9-5-10-18(15-17)27(25,26)24-22-14-13-19(16-7-3-2-4-8-16)20-11-6-12-21(20)22/h2-11,13-15,24H,12H2. The van der Waals surface area contributed by atoms with E-state index in [0.29, 0.717) is 17.8 Å². The molecule has 0 radical (unpaired) electrons. The number of hydrogen-bond donors (Lipinski definition) is 1. The van der Waals surface area contributed by atoms with Crippen LogP contribution in [0, 0.1) is 6.57 Å². The number of nitrogens with one attached hydrogen (secondary N) is 1. The quantitative estimate of drug-likeness (QED) is 0.634. The van der Waals surface area contributed by atoms with Crippen LogP contribution in [0.4, 0.5) is 11.4 Å². The van der Waals surface area contributed by atoms with E-state index in [1.807, 2.05) is 54.6 Å². The molecule has 0 saturated carbocycles. The zero-order chi connectivity index (χ0) is 18.9. The molecule has 0 atom stereocenters. The van der Waals surface area contributed by atoms with Crippen molar-refractivity contribution in [2.45, 2.75) is 11.3 Å². The van der Waals surface area contributed by atoms with Crippen LogP contribution >= 0.6 is 0 Å². The molecule has 0 spiro atoms. The third-order valence-electron chi connectivity index (χ3n) is 4.55. The highest BCUT2D eigenvalue weighted by Crippen LogP contribution is 2.36. The Morgan fingerprint density at radius 2 is 1.78 bits per heavy atom. The first-order chi connectivity index (χ1) is 13.1. The topological polar surface area (TPSA) is 50.5 Å². The second kappa shape index (κ2) is 6.75. The van der Waals surface area contributed by atoms with E-state index in [1.54, 1.807) is 12.1 Å². The number of benzene rings is 3. The minimum Gasteiger partial charge on any atom is -0.279 e. The van der Waals surface area contributed by atoms with Crippen LogP contribution in [0.2, 0.25) is 0 Å². The van der Waals surface area contributed by atoms with Crippen LogP contribution in [0.3, 0.4) is 0 Å². The Morgan fingerprint density at radius 3 is 2.56 bits per heavy atom. The number of nitrogens with zero attached hydrogens (tertiary/aromatic N) is 1. The average molecular weight is 372 g/mol. The van der Waals surface area contributed by atoms with Gasteiger partial charge < -0.3 is 0 Å². The summed E-state index contributed by atoms with van der Waals surface area (Å²) in [4.78, 5) is 3.39. The van der Waals surface area contributed by atoms with E-state index in [0.717, 1.165) is 22.3 Å². The molecule has 4 nitrogen and oxygen atoms in total. The molecular formula is C22H16N2O2S. The Balaban J connectivity index is 1.74. The van der Waals surface area contributed by atoms with Gasteiger partial charge in [-0.25, -0.2) is 13.3 Å². The number of sulfonamides is 1. The molecule has 0 saturated heterocycles. The van der Waals surface area contributed by atoms with Crippen molar-refractivity contribution in [3.8, 4) is 11.1 Å². The lowest BCUT2D eigenvalue weighted by Gasteiger charge is -2.15. The second-order valence-corrected chi connectivity index (χ2v) is 7.92. The second-order valence-electron chi connectivity index (χ2n) is 6.24. The van der Waals surface area contributed by atoms with Gasteiger partial charge in [0.05, 0.1) is 17.2 Å². The molecule has 3 aromatic rings. The number of anilines is 1. The first kappa shape index (κ1) is 17.1. The highest BCUT2D eigenvalue weighted by Gasteiger charge is 2.20. The first-order valence-corrected chi connectivity index (χ1v) is 9.95. The highest BCUT2D eigenvalue weighted by atomic mass is 32.2. The van der Waals surface area contributed by atoms with E-state index in [-0.39, 0.29) is 4.90 Å². The summed E-state index contributed by atoms with van der Waals surface area (Å²) in [5, 5.41) is 0. The van der Waals surface area contributed by atoms with Gasteiger partial charge in [0, 0.05) is 0 Å². The van der Waals surface area contributed by atoms with Gasteiger partial charge in [0.25, 0.3) is 10.0 Å². The summed E-state index contributed by atoms with van der Waals surface area (Å²) in [6.07, 6.45) is 4.75. The molecule has 27 heavy (non-hydrogen) atoms. The summed E-state index contributed by atoms with van der Waals surface area (Å²) < 4.78 is 28.3. The Kier molecular flexibility index (Phi) is 4.27. The van der Waals surface area contributed by atoms with E-state index < -0.39 is 10.0 Å². The highest BCUT2D eigenvalue weighted by molar-refractivity contribution is 7.92. The first-order valence-electron chi connectivity index (χ1n) is 8.47. The largest absolute Gasteiger partial charge is 0.279 e. The predicted octanol–water partition coefficient (Wildman–Crippen LogP) is 5.27. The summed E-state index contributed by atoms with van der Waals surface area (Å²) in [6, 6.07) is 19.8. The molecule has 0 bridgehead atoms.